The molecule has 3 aromatic carbocycles. The molecule has 0 radical (unpaired) electrons. The maximum atomic E-state index is 12.1. The molecule has 7 heteroatoms. The first-order chi connectivity index (χ1) is 13.5. The van der Waals surface area contributed by atoms with E-state index in [1.54, 1.807) is 36.5 Å². The van der Waals surface area contributed by atoms with Crippen LogP contribution in [0, 0.1) is 0 Å². The number of halogens is 3. The fourth-order valence-electron chi connectivity index (χ4n) is 2.32. The number of ether oxygens (including phenoxy) is 1. The zero-order valence-corrected chi connectivity index (χ0v) is 17.6. The molecule has 0 fully saturated rings. The Morgan fingerprint density at radius 2 is 1.79 bits per heavy atom. The van der Waals surface area contributed by atoms with Gasteiger partial charge in [-0.3, -0.25) is 4.79 Å². The lowest BCUT2D eigenvalue weighted by Gasteiger charge is -2.07. The maximum absolute atomic E-state index is 12.1. The summed E-state index contributed by atoms with van der Waals surface area (Å²) in [6.07, 6.45) is 1.57. The van der Waals surface area contributed by atoms with Crippen LogP contribution in [0.3, 0.4) is 0 Å². The normalized spacial score (nSPS) is 10.8. The molecule has 0 saturated heterocycles. The molecular weight excluding hydrogens is 463 g/mol. The molecule has 0 saturated carbocycles. The van der Waals surface area contributed by atoms with E-state index in [1.165, 1.54) is 0 Å². The second kappa shape index (κ2) is 9.73. The first-order valence-corrected chi connectivity index (χ1v) is 9.82. The van der Waals surface area contributed by atoms with E-state index in [0.717, 1.165) is 11.1 Å². The molecule has 0 aliphatic carbocycles. The van der Waals surface area contributed by atoms with Gasteiger partial charge in [-0.05, 0) is 75.6 Å². The fourth-order valence-corrected chi connectivity index (χ4v) is 3.10. The minimum absolute atomic E-state index is 0.287. The van der Waals surface area contributed by atoms with E-state index >= 15 is 0 Å². The van der Waals surface area contributed by atoms with Gasteiger partial charge in [-0.2, -0.15) is 5.10 Å². The maximum Gasteiger partial charge on any atom is 0.272 e. The number of nitrogens with zero attached hydrogens (tertiary/aromatic N) is 1. The Morgan fingerprint density at radius 1 is 1.04 bits per heavy atom. The van der Waals surface area contributed by atoms with Crippen LogP contribution in [0.2, 0.25) is 10.0 Å². The third-order valence-electron chi connectivity index (χ3n) is 3.77. The van der Waals surface area contributed by atoms with E-state index in [4.69, 9.17) is 27.9 Å². The van der Waals surface area contributed by atoms with Crippen LogP contribution in [-0.2, 0) is 6.61 Å². The van der Waals surface area contributed by atoms with Crippen molar-refractivity contribution >= 4 is 51.3 Å². The molecule has 0 unspecified atom stereocenters. The molecular formula is C21H15BrCl2N2O2. The third-order valence-corrected chi connectivity index (χ3v) is 5.20. The molecule has 0 bridgehead atoms. The molecule has 3 rings (SSSR count). The number of nitrogens with one attached hydrogen (secondary N) is 1. The van der Waals surface area contributed by atoms with Crippen LogP contribution >= 0.6 is 39.1 Å². The van der Waals surface area contributed by atoms with E-state index < -0.39 is 0 Å². The monoisotopic (exact) mass is 476 g/mol. The average molecular weight is 478 g/mol. The Labute approximate surface area is 181 Å². The van der Waals surface area contributed by atoms with Crippen molar-refractivity contribution < 1.29 is 9.53 Å². The minimum atomic E-state index is -0.287. The van der Waals surface area contributed by atoms with Gasteiger partial charge in [-0.15, -0.1) is 0 Å². The highest BCUT2D eigenvalue weighted by molar-refractivity contribution is 9.10. The summed E-state index contributed by atoms with van der Waals surface area (Å²) in [7, 11) is 0. The van der Waals surface area contributed by atoms with Crippen LogP contribution in [0.5, 0.6) is 5.75 Å². The zero-order chi connectivity index (χ0) is 19.9. The van der Waals surface area contributed by atoms with E-state index in [0.29, 0.717) is 32.4 Å². The summed E-state index contributed by atoms with van der Waals surface area (Å²) in [5, 5.41) is 5.00. The summed E-state index contributed by atoms with van der Waals surface area (Å²) in [6.45, 7) is 0.381. The van der Waals surface area contributed by atoms with E-state index in [1.807, 2.05) is 36.4 Å². The van der Waals surface area contributed by atoms with Crippen molar-refractivity contribution in [2.45, 2.75) is 6.61 Å². The molecule has 0 aliphatic heterocycles. The van der Waals surface area contributed by atoms with Crippen molar-refractivity contribution in [3.8, 4) is 5.75 Å². The minimum Gasteiger partial charge on any atom is -0.489 e. The van der Waals surface area contributed by atoms with Crippen molar-refractivity contribution in [1.29, 1.82) is 0 Å². The highest BCUT2D eigenvalue weighted by Gasteiger charge is 2.07. The lowest BCUT2D eigenvalue weighted by atomic mass is 10.2. The quantitative estimate of drug-likeness (QED) is 0.344. The van der Waals surface area contributed by atoms with Gasteiger partial charge in [0.1, 0.15) is 12.4 Å². The van der Waals surface area contributed by atoms with E-state index in [2.05, 4.69) is 26.5 Å². The number of hydrazone groups is 1. The van der Waals surface area contributed by atoms with Gasteiger partial charge in [0.15, 0.2) is 0 Å². The van der Waals surface area contributed by atoms with Crippen molar-refractivity contribution in [1.82, 2.24) is 5.43 Å². The van der Waals surface area contributed by atoms with Gasteiger partial charge in [0.2, 0.25) is 0 Å². The third kappa shape index (κ3) is 5.58. The molecule has 1 amide bonds. The molecule has 3 aromatic rings. The molecule has 4 nitrogen and oxygen atoms in total. The predicted molar refractivity (Wildman–Crippen MR) is 116 cm³/mol. The molecule has 0 atom stereocenters. The number of carbonyl (C=O) groups is 1. The van der Waals surface area contributed by atoms with Gasteiger partial charge in [0, 0.05) is 4.47 Å². The molecule has 1 N–H and O–H groups in total. The summed E-state index contributed by atoms with van der Waals surface area (Å²) >= 11 is 15.2. The Bertz CT molecular complexity index is 1010. The highest BCUT2D eigenvalue weighted by Crippen LogP contribution is 2.23. The molecule has 0 aliphatic rings. The van der Waals surface area contributed by atoms with Gasteiger partial charge in [-0.25, -0.2) is 5.43 Å². The van der Waals surface area contributed by atoms with Crippen molar-refractivity contribution in [3.05, 3.63) is 97.9 Å². The molecule has 28 heavy (non-hydrogen) atoms. The van der Waals surface area contributed by atoms with Gasteiger partial charge in [-0.1, -0.05) is 41.4 Å². The second-order valence-corrected chi connectivity index (χ2v) is 7.45. The van der Waals surface area contributed by atoms with Crippen LogP contribution in [0.15, 0.2) is 76.3 Å². The number of benzene rings is 3. The van der Waals surface area contributed by atoms with Gasteiger partial charge in [0.05, 0.1) is 21.8 Å². The Hall–Kier alpha value is -2.34. The van der Waals surface area contributed by atoms with Gasteiger partial charge >= 0.3 is 0 Å². The van der Waals surface area contributed by atoms with E-state index in [-0.39, 0.29) is 5.91 Å². The highest BCUT2D eigenvalue weighted by atomic mass is 79.9. The Kier molecular flexibility index (Phi) is 7.09. The Morgan fingerprint density at radius 3 is 2.50 bits per heavy atom. The molecule has 0 spiro atoms. The summed E-state index contributed by atoms with van der Waals surface area (Å²) in [4.78, 5) is 12.1. The fraction of sp³-hybridized carbons (Fsp3) is 0.0476. The van der Waals surface area contributed by atoms with Crippen molar-refractivity contribution in [2.75, 3.05) is 0 Å². The number of carbonyl (C=O) groups excluding carboxylic acids is 1. The summed E-state index contributed by atoms with van der Waals surface area (Å²) in [5.74, 6) is 0.422. The second-order valence-electron chi connectivity index (χ2n) is 5.79. The van der Waals surface area contributed by atoms with Crippen LogP contribution in [0.4, 0.5) is 0 Å². The van der Waals surface area contributed by atoms with Crippen molar-refractivity contribution in [3.63, 3.8) is 0 Å². The van der Waals surface area contributed by atoms with Gasteiger partial charge < -0.3 is 4.74 Å². The van der Waals surface area contributed by atoms with E-state index in [9.17, 15) is 4.79 Å². The number of hydrogen-bond donors (Lipinski definition) is 1. The number of hydrogen-bond acceptors (Lipinski definition) is 3. The largest absolute Gasteiger partial charge is 0.489 e. The van der Waals surface area contributed by atoms with Gasteiger partial charge in [0.25, 0.3) is 5.91 Å². The SMILES string of the molecule is O=C(N/N=C\c1ccc(OCc2ccc(Cl)c(Cl)c2)cc1)c1ccccc1Br. The summed E-state index contributed by atoms with van der Waals surface area (Å²) in [5.41, 5.74) is 4.78. The van der Waals surface area contributed by atoms with Crippen LogP contribution in [-0.4, -0.2) is 12.1 Å². The molecule has 0 aromatic heterocycles. The Balaban J connectivity index is 1.54. The average Bonchev–Trinajstić information content (AvgIpc) is 2.70. The molecule has 0 heterocycles. The number of amides is 1. The lowest BCUT2D eigenvalue weighted by Crippen LogP contribution is -2.18. The smallest absolute Gasteiger partial charge is 0.272 e. The van der Waals surface area contributed by atoms with Crippen LogP contribution in [0.1, 0.15) is 21.5 Å². The summed E-state index contributed by atoms with van der Waals surface area (Å²) < 4.78 is 6.45. The zero-order valence-electron chi connectivity index (χ0n) is 14.5. The van der Waals surface area contributed by atoms with Crippen LogP contribution < -0.4 is 10.2 Å². The van der Waals surface area contributed by atoms with Crippen molar-refractivity contribution in [2.24, 2.45) is 5.10 Å². The van der Waals surface area contributed by atoms with Crippen LogP contribution in [0.25, 0.3) is 0 Å². The summed E-state index contributed by atoms with van der Waals surface area (Å²) in [6, 6.07) is 19.9. The first kappa shape index (κ1) is 20.4. The standard InChI is InChI=1S/C21H15BrCl2N2O2/c22-18-4-2-1-3-17(18)21(27)26-25-12-14-5-8-16(9-6-14)28-13-15-7-10-19(23)20(24)11-15/h1-12H,13H2,(H,26,27)/b25-12-. The number of rotatable bonds is 6. The molecule has 142 valence electrons. The lowest BCUT2D eigenvalue weighted by molar-refractivity contribution is 0.0954. The predicted octanol–water partition coefficient (Wildman–Crippen LogP) is 6.10. The topological polar surface area (TPSA) is 50.7 Å². The first-order valence-electron chi connectivity index (χ1n) is 8.27.